The molecule has 0 radical (unpaired) electrons. The minimum atomic E-state index is -0.733. The Bertz CT molecular complexity index is 591. The van der Waals surface area contributed by atoms with E-state index < -0.39 is 5.54 Å². The number of rotatable bonds is 4. The molecule has 1 atom stereocenters. The number of amides is 1. The molecule has 0 bridgehead atoms. The lowest BCUT2D eigenvalue weighted by Gasteiger charge is -2.32. The Labute approximate surface area is 124 Å². The molecular weight excluding hydrogens is 266 g/mol. The highest BCUT2D eigenvalue weighted by Crippen LogP contribution is 2.39. The monoisotopic (exact) mass is 285 g/mol. The van der Waals surface area contributed by atoms with Crippen molar-refractivity contribution in [3.63, 3.8) is 0 Å². The molecule has 5 heteroatoms. The van der Waals surface area contributed by atoms with Crippen LogP contribution in [0.15, 0.2) is 24.3 Å². The van der Waals surface area contributed by atoms with Crippen LogP contribution in [0.3, 0.4) is 0 Å². The molecular formula is C16H19N3O2. The van der Waals surface area contributed by atoms with E-state index in [0.29, 0.717) is 19.1 Å². The summed E-state index contributed by atoms with van der Waals surface area (Å²) < 4.78 is 5.58. The largest absolute Gasteiger partial charge is 0.490 e. The Morgan fingerprint density at radius 3 is 3.00 bits per heavy atom. The third-order valence-corrected chi connectivity index (χ3v) is 4.18. The standard InChI is InChI=1S/C16H19N3O2/c1-16(11-17,12-6-7-12)18-15(20)10-19-8-9-21-14-5-3-2-4-13(14)19/h2-5,12H,6-10H2,1H3,(H,18,20)/t16-/m1/s1. The van der Waals surface area contributed by atoms with E-state index in [1.54, 1.807) is 0 Å². The Morgan fingerprint density at radius 2 is 2.29 bits per heavy atom. The normalized spacial score (nSPS) is 19.7. The Hall–Kier alpha value is -2.22. The predicted molar refractivity (Wildman–Crippen MR) is 79.0 cm³/mol. The number of hydrogen-bond acceptors (Lipinski definition) is 4. The summed E-state index contributed by atoms with van der Waals surface area (Å²) in [6, 6.07) is 9.96. The van der Waals surface area contributed by atoms with Gasteiger partial charge in [-0.3, -0.25) is 4.79 Å². The highest BCUT2D eigenvalue weighted by Gasteiger charge is 2.43. The Morgan fingerprint density at radius 1 is 1.52 bits per heavy atom. The maximum atomic E-state index is 12.3. The van der Waals surface area contributed by atoms with Gasteiger partial charge in [-0.15, -0.1) is 0 Å². The van der Waals surface area contributed by atoms with Gasteiger partial charge in [0.15, 0.2) is 0 Å². The minimum absolute atomic E-state index is 0.109. The average molecular weight is 285 g/mol. The predicted octanol–water partition coefficient (Wildman–Crippen LogP) is 1.69. The van der Waals surface area contributed by atoms with Crippen molar-refractivity contribution < 1.29 is 9.53 Å². The summed E-state index contributed by atoms with van der Waals surface area (Å²) in [6.45, 7) is 3.32. The topological polar surface area (TPSA) is 65.4 Å². The van der Waals surface area contributed by atoms with Crippen LogP contribution in [0.4, 0.5) is 5.69 Å². The number of benzene rings is 1. The van der Waals surface area contributed by atoms with E-state index in [0.717, 1.165) is 24.3 Å². The average Bonchev–Trinajstić information content (AvgIpc) is 3.32. The van der Waals surface area contributed by atoms with Gasteiger partial charge in [-0.2, -0.15) is 5.26 Å². The van der Waals surface area contributed by atoms with E-state index in [9.17, 15) is 10.1 Å². The molecule has 1 heterocycles. The SMILES string of the molecule is C[C@](C#N)(NC(=O)CN1CCOc2ccccc21)C1CC1. The second-order valence-electron chi connectivity index (χ2n) is 5.87. The summed E-state index contributed by atoms with van der Waals surface area (Å²) >= 11 is 0. The third kappa shape index (κ3) is 2.80. The van der Waals surface area contributed by atoms with E-state index in [2.05, 4.69) is 11.4 Å². The second-order valence-corrected chi connectivity index (χ2v) is 5.87. The number of nitrogens with one attached hydrogen (secondary N) is 1. The van der Waals surface area contributed by atoms with Crippen LogP contribution in [0.5, 0.6) is 5.75 Å². The highest BCUT2D eigenvalue weighted by molar-refractivity contribution is 5.83. The summed E-state index contributed by atoms with van der Waals surface area (Å²) in [6.07, 6.45) is 2.04. The van der Waals surface area contributed by atoms with Crippen LogP contribution in [0.2, 0.25) is 0 Å². The number of carbonyl (C=O) groups is 1. The fraction of sp³-hybridized carbons (Fsp3) is 0.500. The molecule has 3 rings (SSSR count). The van der Waals surface area contributed by atoms with Gasteiger partial charge < -0.3 is 15.0 Å². The molecule has 1 fully saturated rings. The van der Waals surface area contributed by atoms with Crippen molar-refractivity contribution in [3.8, 4) is 11.8 Å². The van der Waals surface area contributed by atoms with Gasteiger partial charge >= 0.3 is 0 Å². The zero-order chi connectivity index (χ0) is 14.9. The minimum Gasteiger partial charge on any atom is -0.490 e. The molecule has 1 aromatic carbocycles. The van der Waals surface area contributed by atoms with Gasteiger partial charge in [-0.05, 0) is 37.8 Å². The number of carbonyl (C=O) groups excluding carboxylic acids is 1. The lowest BCUT2D eigenvalue weighted by molar-refractivity contribution is -0.121. The maximum absolute atomic E-state index is 12.3. The Kier molecular flexibility index (Phi) is 3.46. The zero-order valence-corrected chi connectivity index (χ0v) is 12.1. The number of para-hydroxylation sites is 2. The molecule has 21 heavy (non-hydrogen) atoms. The van der Waals surface area contributed by atoms with Gasteiger partial charge in [0.1, 0.15) is 17.9 Å². The summed E-state index contributed by atoms with van der Waals surface area (Å²) in [5.74, 6) is 0.993. The van der Waals surface area contributed by atoms with E-state index in [1.165, 1.54) is 0 Å². The smallest absolute Gasteiger partial charge is 0.240 e. The zero-order valence-electron chi connectivity index (χ0n) is 12.1. The van der Waals surface area contributed by atoms with Gasteiger partial charge in [0.05, 0.1) is 24.8 Å². The fourth-order valence-electron chi connectivity index (χ4n) is 2.78. The number of nitrogens with zero attached hydrogens (tertiary/aromatic N) is 2. The van der Waals surface area contributed by atoms with E-state index in [4.69, 9.17) is 4.74 Å². The molecule has 1 aromatic rings. The van der Waals surface area contributed by atoms with Crippen molar-refractivity contribution in [2.75, 3.05) is 24.6 Å². The first-order chi connectivity index (χ1) is 10.1. The summed E-state index contributed by atoms with van der Waals surface area (Å²) in [4.78, 5) is 14.3. The quantitative estimate of drug-likeness (QED) is 0.914. The van der Waals surface area contributed by atoms with Crippen LogP contribution in [0.1, 0.15) is 19.8 Å². The molecule has 0 unspecified atom stereocenters. The summed E-state index contributed by atoms with van der Waals surface area (Å²) in [7, 11) is 0. The van der Waals surface area contributed by atoms with Gasteiger partial charge in [0.25, 0.3) is 0 Å². The van der Waals surface area contributed by atoms with Crippen molar-refractivity contribution in [2.45, 2.75) is 25.3 Å². The van der Waals surface area contributed by atoms with Crippen molar-refractivity contribution in [2.24, 2.45) is 5.92 Å². The summed E-state index contributed by atoms with van der Waals surface area (Å²) in [5.41, 5.74) is 0.201. The van der Waals surface area contributed by atoms with Crippen LogP contribution in [-0.2, 0) is 4.79 Å². The molecule has 1 aliphatic heterocycles. The van der Waals surface area contributed by atoms with Crippen molar-refractivity contribution in [1.82, 2.24) is 5.32 Å². The molecule has 110 valence electrons. The first-order valence-electron chi connectivity index (χ1n) is 7.31. The van der Waals surface area contributed by atoms with Gasteiger partial charge in [0.2, 0.25) is 5.91 Å². The van der Waals surface area contributed by atoms with Gasteiger partial charge in [-0.1, -0.05) is 12.1 Å². The number of anilines is 1. The third-order valence-electron chi connectivity index (χ3n) is 4.18. The first kappa shape index (κ1) is 13.7. The lowest BCUT2D eigenvalue weighted by Crippen LogP contribution is -2.51. The maximum Gasteiger partial charge on any atom is 0.240 e. The van der Waals surface area contributed by atoms with Crippen LogP contribution in [0, 0.1) is 17.2 Å². The molecule has 0 spiro atoms. The number of ether oxygens (including phenoxy) is 1. The van der Waals surface area contributed by atoms with Crippen LogP contribution in [0.25, 0.3) is 0 Å². The number of hydrogen-bond donors (Lipinski definition) is 1. The van der Waals surface area contributed by atoms with Crippen molar-refractivity contribution >= 4 is 11.6 Å². The molecule has 1 saturated carbocycles. The molecule has 1 amide bonds. The van der Waals surface area contributed by atoms with Gasteiger partial charge in [0, 0.05) is 0 Å². The molecule has 0 saturated heterocycles. The lowest BCUT2D eigenvalue weighted by atomic mass is 9.98. The summed E-state index contributed by atoms with van der Waals surface area (Å²) in [5, 5.41) is 12.2. The molecule has 1 aliphatic carbocycles. The molecule has 0 aromatic heterocycles. The second kappa shape index (κ2) is 5.28. The molecule has 1 N–H and O–H groups in total. The number of fused-ring (bicyclic) bond motifs is 1. The van der Waals surface area contributed by atoms with Crippen LogP contribution >= 0.6 is 0 Å². The number of nitriles is 1. The van der Waals surface area contributed by atoms with E-state index in [1.807, 2.05) is 36.1 Å². The highest BCUT2D eigenvalue weighted by atomic mass is 16.5. The molecule has 5 nitrogen and oxygen atoms in total. The van der Waals surface area contributed by atoms with Crippen molar-refractivity contribution in [3.05, 3.63) is 24.3 Å². The van der Waals surface area contributed by atoms with Crippen LogP contribution in [-0.4, -0.2) is 31.1 Å². The van der Waals surface area contributed by atoms with Crippen molar-refractivity contribution in [1.29, 1.82) is 5.26 Å². The Balaban J connectivity index is 1.67. The van der Waals surface area contributed by atoms with Gasteiger partial charge in [-0.25, -0.2) is 0 Å². The first-order valence-corrected chi connectivity index (χ1v) is 7.31. The fourth-order valence-corrected chi connectivity index (χ4v) is 2.78. The van der Waals surface area contributed by atoms with Crippen LogP contribution < -0.4 is 15.0 Å². The van der Waals surface area contributed by atoms with E-state index >= 15 is 0 Å². The molecule has 2 aliphatic rings. The van der Waals surface area contributed by atoms with E-state index in [-0.39, 0.29) is 12.5 Å².